The summed E-state index contributed by atoms with van der Waals surface area (Å²) in [5.74, 6) is -0.652. The fourth-order valence-electron chi connectivity index (χ4n) is 1.92. The van der Waals surface area contributed by atoms with Crippen LogP contribution < -0.4 is 5.73 Å². The first kappa shape index (κ1) is 13.6. The fourth-order valence-corrected chi connectivity index (χ4v) is 2.15. The van der Waals surface area contributed by atoms with E-state index >= 15 is 0 Å². The van der Waals surface area contributed by atoms with Crippen molar-refractivity contribution in [3.63, 3.8) is 0 Å². The van der Waals surface area contributed by atoms with Crippen LogP contribution in [-0.2, 0) is 0 Å². The first-order valence-electron chi connectivity index (χ1n) is 5.76. The molecule has 0 heterocycles. The van der Waals surface area contributed by atoms with Gasteiger partial charge in [-0.2, -0.15) is 0 Å². The molecule has 0 spiro atoms. The van der Waals surface area contributed by atoms with E-state index < -0.39 is 5.82 Å². The number of carbonyl (C=O) groups excluding carboxylic acids is 1. The average molecular weight is 278 g/mol. The number of hydrogen-bond donors (Lipinski definition) is 1. The Morgan fingerprint density at radius 2 is 1.79 bits per heavy atom. The molecular formula is C15H13ClFNO. The Bertz CT molecular complexity index is 667. The highest BCUT2D eigenvalue weighted by atomic mass is 35.5. The molecular weight excluding hydrogens is 265 g/mol. The van der Waals surface area contributed by atoms with Crippen LogP contribution in [0.25, 0.3) is 0 Å². The normalized spacial score (nSPS) is 10.5. The van der Waals surface area contributed by atoms with Gasteiger partial charge in [0.15, 0.2) is 5.78 Å². The molecule has 0 radical (unpaired) electrons. The third-order valence-corrected chi connectivity index (χ3v) is 3.30. The van der Waals surface area contributed by atoms with E-state index in [-0.39, 0.29) is 10.8 Å². The molecule has 0 aliphatic heterocycles. The monoisotopic (exact) mass is 277 g/mol. The van der Waals surface area contributed by atoms with E-state index in [9.17, 15) is 9.18 Å². The standard InChI is InChI=1S/C15H13ClFNO/c1-8-5-10(18)3-4-11(8)15(19)12-6-9(2)14(17)7-13(12)16/h3-7H,18H2,1-2H3. The van der Waals surface area contributed by atoms with Gasteiger partial charge in [0.2, 0.25) is 0 Å². The molecule has 0 saturated carbocycles. The number of halogens is 2. The zero-order valence-electron chi connectivity index (χ0n) is 10.6. The van der Waals surface area contributed by atoms with Crippen molar-refractivity contribution in [1.29, 1.82) is 0 Å². The molecule has 4 heteroatoms. The molecule has 19 heavy (non-hydrogen) atoms. The predicted octanol–water partition coefficient (Wildman–Crippen LogP) is 3.91. The van der Waals surface area contributed by atoms with Crippen molar-refractivity contribution in [3.8, 4) is 0 Å². The summed E-state index contributed by atoms with van der Waals surface area (Å²) in [6.07, 6.45) is 0. The number of hydrogen-bond acceptors (Lipinski definition) is 2. The molecule has 2 rings (SSSR count). The summed E-state index contributed by atoms with van der Waals surface area (Å²) in [6.45, 7) is 3.39. The fraction of sp³-hybridized carbons (Fsp3) is 0.133. The van der Waals surface area contributed by atoms with Gasteiger partial charge in [-0.1, -0.05) is 11.6 Å². The Balaban J connectivity index is 2.53. The molecule has 0 bridgehead atoms. The summed E-state index contributed by atoms with van der Waals surface area (Å²) in [4.78, 5) is 12.4. The largest absolute Gasteiger partial charge is 0.399 e. The van der Waals surface area contributed by atoms with Gasteiger partial charge in [0, 0.05) is 16.8 Å². The minimum Gasteiger partial charge on any atom is -0.399 e. The van der Waals surface area contributed by atoms with E-state index in [1.807, 2.05) is 0 Å². The van der Waals surface area contributed by atoms with Crippen LogP contribution in [0.2, 0.25) is 5.02 Å². The van der Waals surface area contributed by atoms with E-state index in [4.69, 9.17) is 17.3 Å². The van der Waals surface area contributed by atoms with E-state index in [0.29, 0.717) is 22.4 Å². The maximum Gasteiger partial charge on any atom is 0.194 e. The van der Waals surface area contributed by atoms with Crippen molar-refractivity contribution in [2.45, 2.75) is 13.8 Å². The van der Waals surface area contributed by atoms with Gasteiger partial charge in [0.05, 0.1) is 5.02 Å². The molecule has 0 aromatic heterocycles. The topological polar surface area (TPSA) is 43.1 Å². The highest BCUT2D eigenvalue weighted by Crippen LogP contribution is 2.25. The number of aryl methyl sites for hydroxylation is 2. The molecule has 0 atom stereocenters. The van der Waals surface area contributed by atoms with Crippen molar-refractivity contribution < 1.29 is 9.18 Å². The lowest BCUT2D eigenvalue weighted by atomic mass is 9.97. The van der Waals surface area contributed by atoms with Crippen LogP contribution in [0.1, 0.15) is 27.0 Å². The van der Waals surface area contributed by atoms with Crippen molar-refractivity contribution in [2.24, 2.45) is 0 Å². The quantitative estimate of drug-likeness (QED) is 0.668. The molecule has 2 aromatic carbocycles. The third-order valence-electron chi connectivity index (χ3n) is 2.99. The Morgan fingerprint density at radius 3 is 2.42 bits per heavy atom. The summed E-state index contributed by atoms with van der Waals surface area (Å²) in [6, 6.07) is 7.66. The van der Waals surface area contributed by atoms with Crippen molar-refractivity contribution in [1.82, 2.24) is 0 Å². The second-order valence-corrected chi connectivity index (χ2v) is 4.89. The Labute approximate surface area is 116 Å². The van der Waals surface area contributed by atoms with Gasteiger partial charge >= 0.3 is 0 Å². The average Bonchev–Trinajstić information content (AvgIpc) is 2.33. The summed E-state index contributed by atoms with van der Waals surface area (Å²) in [5, 5.41) is 0.115. The smallest absolute Gasteiger partial charge is 0.194 e. The minimum absolute atomic E-state index is 0.115. The van der Waals surface area contributed by atoms with E-state index in [2.05, 4.69) is 0 Å². The number of nitrogen functional groups attached to an aromatic ring is 1. The van der Waals surface area contributed by atoms with E-state index in [0.717, 1.165) is 11.6 Å². The second-order valence-electron chi connectivity index (χ2n) is 4.48. The van der Waals surface area contributed by atoms with Gasteiger partial charge in [-0.15, -0.1) is 0 Å². The maximum absolute atomic E-state index is 13.3. The zero-order valence-corrected chi connectivity index (χ0v) is 11.4. The van der Waals surface area contributed by atoms with Crippen LogP contribution in [0.5, 0.6) is 0 Å². The van der Waals surface area contributed by atoms with Crippen LogP contribution in [0.4, 0.5) is 10.1 Å². The SMILES string of the molecule is Cc1cc(C(=O)c2ccc(N)cc2C)c(Cl)cc1F. The Hall–Kier alpha value is -1.87. The molecule has 0 unspecified atom stereocenters. The van der Waals surface area contributed by atoms with Gasteiger partial charge in [0.25, 0.3) is 0 Å². The second kappa shape index (κ2) is 5.02. The molecule has 2 N–H and O–H groups in total. The van der Waals surface area contributed by atoms with Gasteiger partial charge in [-0.25, -0.2) is 4.39 Å². The Kier molecular flexibility index (Phi) is 3.58. The van der Waals surface area contributed by atoms with Gasteiger partial charge in [-0.3, -0.25) is 4.79 Å². The van der Waals surface area contributed by atoms with Crippen LogP contribution in [0, 0.1) is 19.7 Å². The summed E-state index contributed by atoms with van der Waals surface area (Å²) in [7, 11) is 0. The predicted molar refractivity (Wildman–Crippen MR) is 75.2 cm³/mol. The molecule has 98 valence electrons. The highest BCUT2D eigenvalue weighted by molar-refractivity contribution is 6.35. The number of carbonyl (C=O) groups is 1. The van der Waals surface area contributed by atoms with Crippen LogP contribution >= 0.6 is 11.6 Å². The lowest BCUT2D eigenvalue weighted by Gasteiger charge is -2.09. The Morgan fingerprint density at radius 1 is 1.11 bits per heavy atom. The van der Waals surface area contributed by atoms with Gasteiger partial charge in [0.1, 0.15) is 5.82 Å². The summed E-state index contributed by atoms with van der Waals surface area (Å²) < 4.78 is 13.3. The zero-order chi connectivity index (χ0) is 14.2. The minimum atomic E-state index is -0.421. The number of nitrogens with two attached hydrogens (primary N) is 1. The number of rotatable bonds is 2. The molecule has 2 nitrogen and oxygen atoms in total. The first-order valence-corrected chi connectivity index (χ1v) is 6.14. The molecule has 0 fully saturated rings. The highest BCUT2D eigenvalue weighted by Gasteiger charge is 2.16. The van der Waals surface area contributed by atoms with Crippen molar-refractivity contribution in [2.75, 3.05) is 5.73 Å². The lowest BCUT2D eigenvalue weighted by molar-refractivity contribution is 0.103. The molecule has 0 saturated heterocycles. The number of ketones is 1. The number of benzene rings is 2. The number of anilines is 1. The third kappa shape index (κ3) is 2.61. The summed E-state index contributed by atoms with van der Waals surface area (Å²) in [5.41, 5.74) is 8.22. The summed E-state index contributed by atoms with van der Waals surface area (Å²) >= 11 is 5.94. The van der Waals surface area contributed by atoms with E-state index in [1.54, 1.807) is 32.0 Å². The van der Waals surface area contributed by atoms with Gasteiger partial charge < -0.3 is 5.73 Å². The lowest BCUT2D eigenvalue weighted by Crippen LogP contribution is -2.06. The molecule has 2 aromatic rings. The van der Waals surface area contributed by atoms with Crippen LogP contribution in [0.15, 0.2) is 30.3 Å². The van der Waals surface area contributed by atoms with Crippen LogP contribution in [0.3, 0.4) is 0 Å². The molecule has 0 amide bonds. The molecule has 0 aliphatic rings. The first-order chi connectivity index (χ1) is 8.90. The van der Waals surface area contributed by atoms with Crippen LogP contribution in [-0.4, -0.2) is 5.78 Å². The molecule has 0 aliphatic carbocycles. The van der Waals surface area contributed by atoms with Crippen molar-refractivity contribution in [3.05, 3.63) is 63.4 Å². The van der Waals surface area contributed by atoms with E-state index in [1.165, 1.54) is 6.07 Å². The maximum atomic E-state index is 13.3. The van der Waals surface area contributed by atoms with Gasteiger partial charge in [-0.05, 0) is 55.3 Å². The van der Waals surface area contributed by atoms with Crippen molar-refractivity contribution >= 4 is 23.1 Å².